The summed E-state index contributed by atoms with van der Waals surface area (Å²) in [6, 6.07) is 6.67. The van der Waals surface area contributed by atoms with Gasteiger partial charge >= 0.3 is 5.51 Å². The molecule has 0 N–H and O–H groups in total. The molecule has 0 radical (unpaired) electrons. The van der Waals surface area contributed by atoms with Gasteiger partial charge in [-0.05, 0) is 29.8 Å². The molecule has 0 aliphatic heterocycles. The highest BCUT2D eigenvalue weighted by Crippen LogP contribution is 2.38. The summed E-state index contributed by atoms with van der Waals surface area (Å²) >= 11 is -0.0327. The fourth-order valence-electron chi connectivity index (χ4n) is 1.20. The molecule has 0 fully saturated rings. The highest BCUT2D eigenvalue weighted by atomic mass is 32.2. The van der Waals surface area contributed by atoms with Crippen molar-refractivity contribution in [1.29, 1.82) is 0 Å². The van der Waals surface area contributed by atoms with Gasteiger partial charge in [0.15, 0.2) is 0 Å². The van der Waals surface area contributed by atoms with Gasteiger partial charge in [0.25, 0.3) is 0 Å². The molecule has 0 amide bonds. The zero-order chi connectivity index (χ0) is 10.6. The van der Waals surface area contributed by atoms with E-state index < -0.39 is 5.51 Å². The van der Waals surface area contributed by atoms with Gasteiger partial charge in [-0.25, -0.2) is 0 Å². The molecule has 0 unspecified atom stereocenters. The third-order valence-electron chi connectivity index (χ3n) is 1.72. The normalized spacial score (nSPS) is 11.7. The Morgan fingerprint density at radius 2 is 1.86 bits per heavy atom. The third kappa shape index (κ3) is 3.62. The zero-order valence-corrected chi connectivity index (χ0v) is 8.58. The fourth-order valence-corrected chi connectivity index (χ4v) is 1.90. The van der Waals surface area contributed by atoms with Crippen molar-refractivity contribution < 1.29 is 13.2 Å². The first-order valence-corrected chi connectivity index (χ1v) is 5.18. The molecular weight excluding hydrogens is 209 g/mol. The lowest BCUT2D eigenvalue weighted by Crippen LogP contribution is -2.00. The van der Waals surface area contributed by atoms with Crippen molar-refractivity contribution in [3.63, 3.8) is 0 Å². The summed E-state index contributed by atoms with van der Waals surface area (Å²) in [6.07, 6.45) is 1.55. The van der Waals surface area contributed by atoms with Crippen molar-refractivity contribution in [3.05, 3.63) is 29.8 Å². The van der Waals surface area contributed by atoms with Gasteiger partial charge in [-0.3, -0.25) is 0 Å². The minimum atomic E-state index is -4.19. The number of alkyl halides is 3. The van der Waals surface area contributed by atoms with Crippen molar-refractivity contribution in [1.82, 2.24) is 0 Å². The van der Waals surface area contributed by atoms with Crippen LogP contribution in [-0.2, 0) is 6.42 Å². The number of rotatable bonds is 3. The second-order valence-electron chi connectivity index (χ2n) is 2.91. The quantitative estimate of drug-likeness (QED) is 0.686. The molecule has 0 aliphatic rings. The van der Waals surface area contributed by atoms with Crippen LogP contribution in [0.3, 0.4) is 0 Å². The van der Waals surface area contributed by atoms with E-state index in [0.29, 0.717) is 11.3 Å². The average Bonchev–Trinajstić information content (AvgIpc) is 2.06. The molecule has 0 aliphatic carbocycles. The second kappa shape index (κ2) is 4.73. The molecule has 0 heterocycles. The molecule has 78 valence electrons. The van der Waals surface area contributed by atoms with Gasteiger partial charge in [0, 0.05) is 4.90 Å². The molecule has 14 heavy (non-hydrogen) atoms. The topological polar surface area (TPSA) is 0 Å². The van der Waals surface area contributed by atoms with Gasteiger partial charge in [-0.1, -0.05) is 31.5 Å². The molecule has 1 rings (SSSR count). The van der Waals surface area contributed by atoms with Crippen LogP contribution in [0.4, 0.5) is 13.2 Å². The van der Waals surface area contributed by atoms with Crippen LogP contribution >= 0.6 is 11.8 Å². The van der Waals surface area contributed by atoms with E-state index >= 15 is 0 Å². The van der Waals surface area contributed by atoms with Crippen LogP contribution in [0.15, 0.2) is 29.2 Å². The van der Waals surface area contributed by atoms with E-state index in [1.54, 1.807) is 18.2 Å². The number of halogens is 3. The number of benzene rings is 1. The summed E-state index contributed by atoms with van der Waals surface area (Å²) in [4.78, 5) is 0.321. The maximum Gasteiger partial charge on any atom is 0.446 e. The van der Waals surface area contributed by atoms with Crippen LogP contribution in [0, 0.1) is 0 Å². The van der Waals surface area contributed by atoms with Gasteiger partial charge in [0.1, 0.15) is 0 Å². The van der Waals surface area contributed by atoms with Crippen LogP contribution < -0.4 is 0 Å². The highest BCUT2D eigenvalue weighted by molar-refractivity contribution is 8.00. The Balaban J connectivity index is 2.84. The average molecular weight is 220 g/mol. The van der Waals surface area contributed by atoms with Gasteiger partial charge in [0.05, 0.1) is 0 Å². The van der Waals surface area contributed by atoms with Crippen molar-refractivity contribution in [3.8, 4) is 0 Å². The van der Waals surface area contributed by atoms with E-state index in [0.717, 1.165) is 12.0 Å². The Labute approximate surface area is 85.5 Å². The smallest absolute Gasteiger partial charge is 0.160 e. The number of hydrogen-bond donors (Lipinski definition) is 0. The standard InChI is InChI=1S/C10H11F3S/c1-2-5-8-6-3-4-7-9(8)14-10(11,12)13/h3-4,6-7H,2,5H2,1H3. The van der Waals surface area contributed by atoms with Crippen LogP contribution in [0.5, 0.6) is 0 Å². The number of thioether (sulfide) groups is 1. The Morgan fingerprint density at radius 3 is 2.43 bits per heavy atom. The summed E-state index contributed by atoms with van der Waals surface area (Å²) in [5, 5.41) is 0. The van der Waals surface area contributed by atoms with Crippen LogP contribution in [0.25, 0.3) is 0 Å². The maximum absolute atomic E-state index is 12.1. The van der Waals surface area contributed by atoms with Crippen molar-refractivity contribution in [2.75, 3.05) is 0 Å². The van der Waals surface area contributed by atoms with Gasteiger partial charge < -0.3 is 0 Å². The molecule has 0 saturated carbocycles. The van der Waals surface area contributed by atoms with Crippen molar-refractivity contribution in [2.45, 2.75) is 30.2 Å². The molecule has 0 bridgehead atoms. The number of hydrogen-bond acceptors (Lipinski definition) is 1. The van der Waals surface area contributed by atoms with Crippen LogP contribution in [-0.4, -0.2) is 5.51 Å². The molecule has 4 heteroatoms. The molecule has 1 aromatic carbocycles. The predicted molar refractivity (Wildman–Crippen MR) is 52.3 cm³/mol. The van der Waals surface area contributed by atoms with E-state index in [2.05, 4.69) is 0 Å². The molecule has 0 spiro atoms. The first-order valence-electron chi connectivity index (χ1n) is 4.36. The third-order valence-corrected chi connectivity index (χ3v) is 2.57. The summed E-state index contributed by atoms with van der Waals surface area (Å²) in [6.45, 7) is 1.95. The van der Waals surface area contributed by atoms with Crippen LogP contribution in [0.1, 0.15) is 18.9 Å². The first-order chi connectivity index (χ1) is 6.53. The summed E-state index contributed by atoms with van der Waals surface area (Å²) in [5.41, 5.74) is -3.42. The molecule has 0 nitrogen and oxygen atoms in total. The van der Waals surface area contributed by atoms with Crippen molar-refractivity contribution in [2.24, 2.45) is 0 Å². The van der Waals surface area contributed by atoms with E-state index in [9.17, 15) is 13.2 Å². The largest absolute Gasteiger partial charge is 0.446 e. The van der Waals surface area contributed by atoms with Gasteiger partial charge in [-0.15, -0.1) is 0 Å². The van der Waals surface area contributed by atoms with Crippen molar-refractivity contribution >= 4 is 11.8 Å². The van der Waals surface area contributed by atoms with E-state index in [4.69, 9.17) is 0 Å². The van der Waals surface area contributed by atoms with Gasteiger partial charge in [0.2, 0.25) is 0 Å². The summed E-state index contributed by atoms with van der Waals surface area (Å²) in [7, 11) is 0. The Kier molecular flexibility index (Phi) is 3.86. The highest BCUT2D eigenvalue weighted by Gasteiger charge is 2.29. The Bertz CT molecular complexity index is 294. The lowest BCUT2D eigenvalue weighted by molar-refractivity contribution is -0.0328. The SMILES string of the molecule is CCCc1ccccc1SC(F)(F)F. The predicted octanol–water partition coefficient (Wildman–Crippen LogP) is 4.25. The van der Waals surface area contributed by atoms with E-state index in [-0.39, 0.29) is 11.8 Å². The molecular formula is C10H11F3S. The second-order valence-corrected chi connectivity index (χ2v) is 4.01. The summed E-state index contributed by atoms with van der Waals surface area (Å²) in [5.74, 6) is 0. The maximum atomic E-state index is 12.1. The van der Waals surface area contributed by atoms with E-state index in [1.807, 2.05) is 6.92 Å². The van der Waals surface area contributed by atoms with E-state index in [1.165, 1.54) is 6.07 Å². The monoisotopic (exact) mass is 220 g/mol. The fraction of sp³-hybridized carbons (Fsp3) is 0.400. The van der Waals surface area contributed by atoms with Crippen LogP contribution in [0.2, 0.25) is 0 Å². The molecule has 0 saturated heterocycles. The first kappa shape index (κ1) is 11.4. The number of aryl methyl sites for hydroxylation is 1. The zero-order valence-electron chi connectivity index (χ0n) is 7.77. The minimum Gasteiger partial charge on any atom is -0.160 e. The molecule has 1 aromatic rings. The molecule has 0 aromatic heterocycles. The lowest BCUT2D eigenvalue weighted by Gasteiger charge is -2.09. The summed E-state index contributed by atoms with van der Waals surface area (Å²) < 4.78 is 36.4. The lowest BCUT2D eigenvalue weighted by atomic mass is 10.1. The minimum absolute atomic E-state index is 0.0327. The Morgan fingerprint density at radius 1 is 1.21 bits per heavy atom. The Hall–Kier alpha value is -0.640. The van der Waals surface area contributed by atoms with Gasteiger partial charge in [-0.2, -0.15) is 13.2 Å². The molecule has 0 atom stereocenters.